The van der Waals surface area contributed by atoms with E-state index < -0.39 is 17.1 Å². The van der Waals surface area contributed by atoms with Crippen molar-refractivity contribution in [3.8, 4) is 0 Å². The van der Waals surface area contributed by atoms with E-state index >= 15 is 0 Å². The van der Waals surface area contributed by atoms with Crippen LogP contribution in [-0.2, 0) is 0 Å². The highest BCUT2D eigenvalue weighted by molar-refractivity contribution is 7.81. The van der Waals surface area contributed by atoms with E-state index in [1.807, 2.05) is 0 Å². The lowest BCUT2D eigenvalue weighted by Gasteiger charge is -2.42. The van der Waals surface area contributed by atoms with Crippen molar-refractivity contribution in [1.29, 1.82) is 0 Å². The summed E-state index contributed by atoms with van der Waals surface area (Å²) in [4.78, 5) is 23.6. The van der Waals surface area contributed by atoms with Gasteiger partial charge in [0.2, 0.25) is 0 Å². The van der Waals surface area contributed by atoms with E-state index in [1.165, 1.54) is 25.1 Å². The minimum Gasteiger partial charge on any atom is -0.305 e. The van der Waals surface area contributed by atoms with Crippen LogP contribution in [0.4, 0.5) is 15.3 Å². The number of amides is 4. The third-order valence-corrected chi connectivity index (χ3v) is 3.64. The molecule has 1 saturated heterocycles. The van der Waals surface area contributed by atoms with Gasteiger partial charge in [0.25, 0.3) is 0 Å². The van der Waals surface area contributed by atoms with Crippen LogP contribution < -0.4 is 16.1 Å². The first-order valence-electron chi connectivity index (χ1n) is 5.12. The minimum atomic E-state index is -1.26. The molecule has 1 aromatic carbocycles. The Hall–Kier alpha value is -1.15. The van der Waals surface area contributed by atoms with Crippen LogP contribution in [0.15, 0.2) is 18.2 Å². The fourth-order valence-electron chi connectivity index (χ4n) is 1.55. The van der Waals surface area contributed by atoms with Crippen molar-refractivity contribution >= 4 is 53.6 Å². The van der Waals surface area contributed by atoms with Gasteiger partial charge in [0.05, 0.1) is 15.7 Å². The summed E-state index contributed by atoms with van der Waals surface area (Å²) in [5.74, 6) is 5.61. The van der Waals surface area contributed by atoms with Gasteiger partial charge in [-0.15, -0.1) is 12.6 Å². The van der Waals surface area contributed by atoms with Gasteiger partial charge in [-0.3, -0.25) is 0 Å². The maximum atomic E-state index is 12.1. The van der Waals surface area contributed by atoms with Crippen LogP contribution >= 0.6 is 35.8 Å². The highest BCUT2D eigenvalue weighted by atomic mass is 35.5. The molecule has 0 spiro atoms. The predicted octanol–water partition coefficient (Wildman–Crippen LogP) is 2.42. The fourth-order valence-corrected chi connectivity index (χ4v) is 2.02. The number of nitrogens with zero attached hydrogens (tertiary/aromatic N) is 2. The second-order valence-corrected chi connectivity index (χ2v) is 5.72. The molecule has 1 atom stereocenters. The molecule has 1 unspecified atom stereocenters. The van der Waals surface area contributed by atoms with Crippen molar-refractivity contribution in [2.24, 2.45) is 5.84 Å². The topological polar surface area (TPSA) is 78.7 Å². The number of carbonyl (C=O) groups excluding carboxylic acids is 2. The molecular weight excluding hydrogens is 311 g/mol. The van der Waals surface area contributed by atoms with E-state index in [-0.39, 0.29) is 10.7 Å². The second kappa shape index (κ2) is 4.75. The number of benzene rings is 1. The van der Waals surface area contributed by atoms with Gasteiger partial charge in [0.15, 0.2) is 4.99 Å². The molecule has 4 amide bonds. The zero-order valence-corrected chi connectivity index (χ0v) is 12.1. The normalized spacial score (nSPS) is 23.6. The van der Waals surface area contributed by atoms with Crippen LogP contribution in [-0.4, -0.2) is 22.1 Å². The molecule has 0 aliphatic carbocycles. The lowest BCUT2D eigenvalue weighted by molar-refractivity contribution is 0.147. The lowest BCUT2D eigenvalue weighted by atomic mass is 10.3. The summed E-state index contributed by atoms with van der Waals surface area (Å²) in [6, 6.07) is 2.99. The van der Waals surface area contributed by atoms with Gasteiger partial charge in [-0.2, -0.15) is 0 Å². The van der Waals surface area contributed by atoms with Crippen LogP contribution in [0.5, 0.6) is 0 Å². The first-order chi connectivity index (χ1) is 8.74. The number of rotatable bonds is 1. The highest BCUT2D eigenvalue weighted by Crippen LogP contribution is 2.30. The maximum Gasteiger partial charge on any atom is 0.349 e. The summed E-state index contributed by atoms with van der Waals surface area (Å²) in [6.07, 6.45) is 0. The fraction of sp³-hybridized carbons (Fsp3) is 0.200. The van der Waals surface area contributed by atoms with E-state index in [0.29, 0.717) is 5.02 Å². The number of nitrogens with two attached hydrogens (primary N) is 1. The van der Waals surface area contributed by atoms with Crippen LogP contribution in [0.3, 0.4) is 0 Å². The van der Waals surface area contributed by atoms with Crippen molar-refractivity contribution in [2.45, 2.75) is 11.9 Å². The number of thiol groups is 1. The Morgan fingerprint density at radius 2 is 1.95 bits per heavy atom. The van der Waals surface area contributed by atoms with Gasteiger partial charge in [-0.25, -0.2) is 25.3 Å². The number of nitrogens with one attached hydrogen (secondary N) is 1. The second-order valence-electron chi connectivity index (χ2n) is 4.04. The summed E-state index contributed by atoms with van der Waals surface area (Å²) >= 11 is 15.7. The van der Waals surface area contributed by atoms with E-state index in [0.717, 1.165) is 9.91 Å². The van der Waals surface area contributed by atoms with Crippen LogP contribution in [0.25, 0.3) is 0 Å². The predicted molar refractivity (Wildman–Crippen MR) is 76.3 cm³/mol. The zero-order valence-electron chi connectivity index (χ0n) is 9.72. The van der Waals surface area contributed by atoms with E-state index in [9.17, 15) is 9.59 Å². The van der Waals surface area contributed by atoms with Gasteiger partial charge in [-0.05, 0) is 25.1 Å². The highest BCUT2D eigenvalue weighted by Gasteiger charge is 2.43. The first kappa shape index (κ1) is 14.3. The molecular formula is C10H10Cl2N4O2S. The zero-order chi connectivity index (χ0) is 14.4. The van der Waals surface area contributed by atoms with Crippen molar-refractivity contribution in [1.82, 2.24) is 10.3 Å². The van der Waals surface area contributed by atoms with E-state index in [4.69, 9.17) is 29.0 Å². The van der Waals surface area contributed by atoms with Crippen molar-refractivity contribution in [3.05, 3.63) is 28.2 Å². The Morgan fingerprint density at radius 3 is 2.53 bits per heavy atom. The summed E-state index contributed by atoms with van der Waals surface area (Å²) in [5.41, 5.74) is 0.260. The van der Waals surface area contributed by atoms with Crippen molar-refractivity contribution in [2.75, 3.05) is 4.90 Å². The summed E-state index contributed by atoms with van der Waals surface area (Å²) in [7, 11) is 0. The smallest absolute Gasteiger partial charge is 0.305 e. The Balaban J connectivity index is 2.42. The number of halogens is 2. The molecule has 0 saturated carbocycles. The molecule has 102 valence electrons. The molecule has 9 heteroatoms. The molecule has 6 nitrogen and oxygen atoms in total. The van der Waals surface area contributed by atoms with Crippen LogP contribution in [0.1, 0.15) is 6.92 Å². The van der Waals surface area contributed by atoms with Gasteiger partial charge in [-0.1, -0.05) is 23.2 Å². The molecule has 1 aliphatic rings. The maximum absolute atomic E-state index is 12.1. The summed E-state index contributed by atoms with van der Waals surface area (Å²) in [5, 5.41) is 3.82. The molecule has 0 aromatic heterocycles. The van der Waals surface area contributed by atoms with E-state index in [1.54, 1.807) is 0 Å². The number of anilines is 1. The van der Waals surface area contributed by atoms with Crippen LogP contribution in [0, 0.1) is 0 Å². The van der Waals surface area contributed by atoms with E-state index in [2.05, 4.69) is 17.9 Å². The average Bonchev–Trinajstić information content (AvgIpc) is 2.30. The van der Waals surface area contributed by atoms with Crippen molar-refractivity contribution in [3.63, 3.8) is 0 Å². The number of hydrazine groups is 1. The van der Waals surface area contributed by atoms with Crippen LogP contribution in [0.2, 0.25) is 10.0 Å². The van der Waals surface area contributed by atoms with Crippen molar-refractivity contribution < 1.29 is 9.59 Å². The Bertz CT molecular complexity index is 566. The molecule has 19 heavy (non-hydrogen) atoms. The molecule has 3 N–H and O–H groups in total. The quantitative estimate of drug-likeness (QED) is 0.422. The van der Waals surface area contributed by atoms with Gasteiger partial charge in [0.1, 0.15) is 0 Å². The number of hydrogen-bond acceptors (Lipinski definition) is 4. The molecule has 0 radical (unpaired) electrons. The third-order valence-electron chi connectivity index (χ3n) is 2.57. The standard InChI is InChI=1S/C10H10Cl2N4O2S/c1-10(19)14-8(17)15(9(18)16(10)13)5-2-3-6(11)7(12)4-5/h2-4,19H,13H2,1H3,(H,14,17). The SMILES string of the molecule is CC1(S)NC(=O)N(c2ccc(Cl)c(Cl)c2)C(=O)N1N. The van der Waals surface area contributed by atoms with Gasteiger partial charge in [0, 0.05) is 0 Å². The van der Waals surface area contributed by atoms with Gasteiger partial charge < -0.3 is 5.32 Å². The summed E-state index contributed by atoms with van der Waals surface area (Å²) < 4.78 is 0. The number of imide groups is 1. The molecule has 0 bridgehead atoms. The number of urea groups is 2. The number of hydrogen-bond donors (Lipinski definition) is 3. The number of carbonyl (C=O) groups is 2. The average molecular weight is 321 g/mol. The first-order valence-corrected chi connectivity index (χ1v) is 6.33. The largest absolute Gasteiger partial charge is 0.349 e. The lowest BCUT2D eigenvalue weighted by Crippen LogP contribution is -2.71. The monoisotopic (exact) mass is 320 g/mol. The Labute approximate surface area is 124 Å². The molecule has 1 aliphatic heterocycles. The molecule has 1 fully saturated rings. The third kappa shape index (κ3) is 2.46. The molecule has 2 rings (SSSR count). The summed E-state index contributed by atoms with van der Waals surface area (Å²) in [6.45, 7) is 1.48. The Morgan fingerprint density at radius 1 is 1.32 bits per heavy atom. The van der Waals surface area contributed by atoms with Gasteiger partial charge >= 0.3 is 12.1 Å². The molecule has 1 aromatic rings. The molecule has 1 heterocycles. The Kier molecular flexibility index (Phi) is 3.57. The minimum absolute atomic E-state index is 0.225.